The SMILES string of the molecule is O=C(O)CC1=C2CCC(n3cc(-c4ccc(F)cc4)nn3)CN2C2=CC=CCC21. The molecule has 2 aliphatic heterocycles. The van der Waals surface area contributed by atoms with Gasteiger partial charge in [0.15, 0.2) is 0 Å². The van der Waals surface area contributed by atoms with Crippen molar-refractivity contribution in [1.82, 2.24) is 19.9 Å². The van der Waals surface area contributed by atoms with Crippen molar-refractivity contribution < 1.29 is 14.3 Å². The van der Waals surface area contributed by atoms with Crippen molar-refractivity contribution in [1.29, 1.82) is 0 Å². The molecule has 0 amide bonds. The van der Waals surface area contributed by atoms with Gasteiger partial charge in [-0.3, -0.25) is 4.79 Å². The fraction of sp³-hybridized carbons (Fsp3) is 0.318. The van der Waals surface area contributed by atoms with E-state index in [0.717, 1.165) is 42.6 Å². The van der Waals surface area contributed by atoms with Gasteiger partial charge in [-0.25, -0.2) is 9.07 Å². The van der Waals surface area contributed by atoms with Crippen molar-refractivity contribution in [3.8, 4) is 11.3 Å². The molecule has 0 radical (unpaired) electrons. The lowest BCUT2D eigenvalue weighted by molar-refractivity contribution is -0.136. The van der Waals surface area contributed by atoms with Crippen LogP contribution in [0.2, 0.25) is 0 Å². The number of piperidine rings is 1. The number of aromatic nitrogens is 3. The molecule has 148 valence electrons. The summed E-state index contributed by atoms with van der Waals surface area (Å²) < 4.78 is 15.1. The van der Waals surface area contributed by atoms with E-state index in [1.807, 2.05) is 10.9 Å². The van der Waals surface area contributed by atoms with E-state index in [9.17, 15) is 14.3 Å². The Balaban J connectivity index is 1.41. The first-order valence-electron chi connectivity index (χ1n) is 9.86. The largest absolute Gasteiger partial charge is 0.481 e. The van der Waals surface area contributed by atoms with Crippen molar-refractivity contribution >= 4 is 5.97 Å². The third-order valence-electron chi connectivity index (χ3n) is 6.03. The van der Waals surface area contributed by atoms with E-state index < -0.39 is 5.97 Å². The number of nitrogens with zero attached hydrogens (tertiary/aromatic N) is 4. The number of carboxylic acid groups (broad SMARTS) is 1. The highest BCUT2D eigenvalue weighted by Crippen LogP contribution is 2.47. The van der Waals surface area contributed by atoms with Crippen LogP contribution in [-0.4, -0.2) is 37.5 Å². The van der Waals surface area contributed by atoms with Crippen LogP contribution in [0.1, 0.15) is 31.7 Å². The van der Waals surface area contributed by atoms with Gasteiger partial charge in [-0.15, -0.1) is 5.10 Å². The molecule has 6 nitrogen and oxygen atoms in total. The quantitative estimate of drug-likeness (QED) is 0.854. The summed E-state index contributed by atoms with van der Waals surface area (Å²) in [6, 6.07) is 6.39. The summed E-state index contributed by atoms with van der Waals surface area (Å²) >= 11 is 0. The van der Waals surface area contributed by atoms with Crippen molar-refractivity contribution in [2.45, 2.75) is 31.7 Å². The van der Waals surface area contributed by atoms with Crippen LogP contribution in [0.25, 0.3) is 11.3 Å². The molecule has 5 rings (SSSR count). The average Bonchev–Trinajstić information content (AvgIpc) is 3.33. The van der Waals surface area contributed by atoms with Crippen LogP contribution < -0.4 is 0 Å². The first-order chi connectivity index (χ1) is 14.1. The molecule has 0 spiro atoms. The second kappa shape index (κ2) is 6.99. The zero-order valence-corrected chi connectivity index (χ0v) is 15.8. The van der Waals surface area contributed by atoms with E-state index in [1.165, 1.54) is 23.5 Å². The standard InChI is InChI=1S/C22H21FN4O2/c23-15-7-5-14(6-8-15)19-13-27(25-24-19)16-9-10-21-18(11-22(28)29)17-3-1-2-4-20(17)26(21)12-16/h1-2,4-8,13,16-17H,3,9-12H2,(H,28,29). The molecule has 3 aliphatic rings. The van der Waals surface area contributed by atoms with Gasteiger partial charge in [0.25, 0.3) is 0 Å². The minimum atomic E-state index is -0.773. The van der Waals surface area contributed by atoms with E-state index in [0.29, 0.717) is 0 Å². The minimum absolute atomic E-state index is 0.102. The molecular formula is C22H21FN4O2. The highest BCUT2D eigenvalue weighted by molar-refractivity contribution is 5.71. The van der Waals surface area contributed by atoms with Gasteiger partial charge < -0.3 is 10.0 Å². The van der Waals surface area contributed by atoms with E-state index in [-0.39, 0.29) is 24.2 Å². The summed E-state index contributed by atoms with van der Waals surface area (Å²) in [4.78, 5) is 13.7. The summed E-state index contributed by atoms with van der Waals surface area (Å²) in [6.07, 6.45) is 10.9. The Morgan fingerprint density at radius 1 is 1.28 bits per heavy atom. The minimum Gasteiger partial charge on any atom is -0.481 e. The smallest absolute Gasteiger partial charge is 0.307 e. The van der Waals surface area contributed by atoms with Crippen LogP contribution in [0.3, 0.4) is 0 Å². The Hall–Kier alpha value is -3.22. The topological polar surface area (TPSA) is 71.2 Å². The molecule has 1 N–H and O–H groups in total. The molecule has 0 saturated carbocycles. The summed E-state index contributed by atoms with van der Waals surface area (Å²) in [6.45, 7) is 0.751. The fourth-order valence-corrected chi connectivity index (χ4v) is 4.68. The summed E-state index contributed by atoms with van der Waals surface area (Å²) in [5.74, 6) is -0.871. The molecule has 1 fully saturated rings. The van der Waals surface area contributed by atoms with Gasteiger partial charge in [0.05, 0.1) is 18.7 Å². The maximum Gasteiger partial charge on any atom is 0.307 e. The van der Waals surface area contributed by atoms with Crippen LogP contribution in [0.5, 0.6) is 0 Å². The highest BCUT2D eigenvalue weighted by Gasteiger charge is 2.40. The predicted molar refractivity (Wildman–Crippen MR) is 105 cm³/mol. The molecule has 2 aromatic rings. The number of hydrogen-bond acceptors (Lipinski definition) is 4. The zero-order valence-electron chi connectivity index (χ0n) is 15.8. The molecule has 1 saturated heterocycles. The van der Waals surface area contributed by atoms with Crippen molar-refractivity contribution in [3.63, 3.8) is 0 Å². The van der Waals surface area contributed by atoms with Crippen molar-refractivity contribution in [2.24, 2.45) is 5.92 Å². The van der Waals surface area contributed by atoms with Crippen LogP contribution in [-0.2, 0) is 4.79 Å². The summed E-state index contributed by atoms with van der Waals surface area (Å²) in [5, 5.41) is 18.0. The van der Waals surface area contributed by atoms with Crippen molar-refractivity contribution in [2.75, 3.05) is 6.54 Å². The summed E-state index contributed by atoms with van der Waals surface area (Å²) in [5.41, 5.74) is 4.97. The van der Waals surface area contributed by atoms with Crippen molar-refractivity contribution in [3.05, 3.63) is 71.5 Å². The fourth-order valence-electron chi connectivity index (χ4n) is 4.68. The molecule has 3 heterocycles. The third kappa shape index (κ3) is 3.16. The summed E-state index contributed by atoms with van der Waals surface area (Å²) in [7, 11) is 0. The number of carbonyl (C=O) groups is 1. The molecule has 1 aliphatic carbocycles. The number of hydrogen-bond donors (Lipinski definition) is 1. The predicted octanol–water partition coefficient (Wildman–Crippen LogP) is 3.92. The first-order valence-corrected chi connectivity index (χ1v) is 9.86. The molecule has 29 heavy (non-hydrogen) atoms. The van der Waals surface area contributed by atoms with Gasteiger partial charge in [0.1, 0.15) is 11.5 Å². The number of allylic oxidation sites excluding steroid dienone is 5. The lowest BCUT2D eigenvalue weighted by atomic mass is 9.89. The van der Waals surface area contributed by atoms with E-state index in [4.69, 9.17) is 0 Å². The molecule has 1 aromatic heterocycles. The second-order valence-corrected chi connectivity index (χ2v) is 7.74. The number of halogens is 1. The number of benzene rings is 1. The Kier molecular flexibility index (Phi) is 4.30. The van der Waals surface area contributed by atoms with Gasteiger partial charge in [0, 0.05) is 29.4 Å². The molecular weight excluding hydrogens is 371 g/mol. The molecule has 0 bridgehead atoms. The maximum atomic E-state index is 13.2. The Bertz CT molecular complexity index is 1050. The van der Waals surface area contributed by atoms with Gasteiger partial charge in [-0.05, 0) is 55.2 Å². The van der Waals surface area contributed by atoms with Crippen LogP contribution >= 0.6 is 0 Å². The van der Waals surface area contributed by atoms with Crippen LogP contribution in [0.4, 0.5) is 4.39 Å². The monoisotopic (exact) mass is 392 g/mol. The van der Waals surface area contributed by atoms with E-state index >= 15 is 0 Å². The first kappa shape index (κ1) is 17.8. The molecule has 2 atom stereocenters. The Morgan fingerprint density at radius 2 is 2.10 bits per heavy atom. The molecule has 1 aromatic carbocycles. The number of aliphatic carboxylic acids is 1. The number of fused-ring (bicyclic) bond motifs is 3. The number of rotatable bonds is 4. The van der Waals surface area contributed by atoms with E-state index in [1.54, 1.807) is 12.1 Å². The Morgan fingerprint density at radius 3 is 2.90 bits per heavy atom. The normalized spacial score (nSPS) is 23.1. The van der Waals surface area contributed by atoms with Gasteiger partial charge in [-0.2, -0.15) is 0 Å². The van der Waals surface area contributed by atoms with Crippen LogP contribution in [0.15, 0.2) is 65.7 Å². The van der Waals surface area contributed by atoms with Gasteiger partial charge >= 0.3 is 5.97 Å². The number of carboxylic acids is 1. The lowest BCUT2D eigenvalue weighted by Gasteiger charge is -2.35. The molecule has 7 heteroatoms. The second-order valence-electron chi connectivity index (χ2n) is 7.74. The van der Waals surface area contributed by atoms with E-state index in [2.05, 4.69) is 33.4 Å². The zero-order chi connectivity index (χ0) is 20.0. The average molecular weight is 392 g/mol. The van der Waals surface area contributed by atoms with Crippen LogP contribution in [0, 0.1) is 11.7 Å². The Labute approximate surface area is 167 Å². The maximum absolute atomic E-state index is 13.2. The molecule has 2 unspecified atom stereocenters. The highest BCUT2D eigenvalue weighted by atomic mass is 19.1. The third-order valence-corrected chi connectivity index (χ3v) is 6.03. The lowest BCUT2D eigenvalue weighted by Crippen LogP contribution is -2.33. The van der Waals surface area contributed by atoms with Gasteiger partial charge in [-0.1, -0.05) is 17.4 Å². The van der Waals surface area contributed by atoms with Gasteiger partial charge in [0.2, 0.25) is 0 Å².